The number of ether oxygens (including phenoxy) is 1. The topological polar surface area (TPSA) is 111 Å². The normalized spacial score (nSPS) is 14.0. The van der Waals surface area contributed by atoms with E-state index in [9.17, 15) is 19.0 Å². The SMILES string of the molecule is CCCCC/C=C\C/C=C\C/C=C\CCCCCCC(=O)NC(COP(=O)(O)OCC[N+](C)(C)C)C(/C=C\CCCCCCCCCCC)OC(=O)CCCCCCCCCCCCCCCCC/C=C/CCCCCCCC. The van der Waals surface area contributed by atoms with E-state index in [1.807, 2.05) is 33.3 Å². The molecule has 9 nitrogen and oxygen atoms in total. The molecule has 2 N–H and O–H groups in total. The lowest BCUT2D eigenvalue weighted by Gasteiger charge is -2.27. The minimum atomic E-state index is -4.46. The molecule has 0 saturated carbocycles. The number of nitrogens with one attached hydrogen (secondary N) is 1. The van der Waals surface area contributed by atoms with Crippen LogP contribution in [-0.2, 0) is 27.9 Å². The molecule has 0 saturated heterocycles. The monoisotopic (exact) mass is 1130 g/mol. The molecule has 0 aliphatic carbocycles. The summed E-state index contributed by atoms with van der Waals surface area (Å²) < 4.78 is 30.7. The van der Waals surface area contributed by atoms with E-state index in [0.29, 0.717) is 17.4 Å². The van der Waals surface area contributed by atoms with Crippen LogP contribution in [0.15, 0.2) is 60.8 Å². The lowest BCUT2D eigenvalue weighted by molar-refractivity contribution is -0.870. The second-order valence-electron chi connectivity index (χ2n) is 24.0. The van der Waals surface area contributed by atoms with Crippen molar-refractivity contribution < 1.29 is 37.3 Å². The average molecular weight is 1130 g/mol. The second kappa shape index (κ2) is 58.9. The highest BCUT2D eigenvalue weighted by Gasteiger charge is 2.30. The van der Waals surface area contributed by atoms with Crippen molar-refractivity contribution in [2.24, 2.45) is 0 Å². The Kier molecular flexibility index (Phi) is 57.2. The number of quaternary nitrogens is 1. The summed E-state index contributed by atoms with van der Waals surface area (Å²) in [5.74, 6) is -0.522. The number of nitrogens with zero attached hydrogens (tertiary/aromatic N) is 1. The third-order valence-electron chi connectivity index (χ3n) is 14.9. The molecule has 0 bridgehead atoms. The standard InChI is InChI=1S/C69H129N2O7P/c1-7-10-13-16-19-22-25-27-29-31-32-33-34-35-36-37-38-40-42-44-47-50-53-56-59-62-69(73)78-67(60-57-54-51-48-45-24-21-18-15-12-9-3)66(65-77-79(74,75)76-64-63-71(4,5)6)70-68(72)61-58-55-52-49-46-43-41-39-30-28-26-23-20-17-14-11-8-2/h20,23,27-30,41,43,57,60,66-67H,7-19,21-22,24-26,31-40,42,44-56,58-59,61-65H2,1-6H3,(H-,70,72,74,75)/p+1/b23-20-,29-27+,30-28-,43-41-,60-57-. The molecule has 0 aliphatic rings. The molecular formula is C69H130N2O7P+. The zero-order valence-electron chi connectivity index (χ0n) is 52.9. The number of hydrogen-bond acceptors (Lipinski definition) is 6. The number of carbonyl (C=O) groups is 2. The van der Waals surface area contributed by atoms with Crippen LogP contribution in [0.3, 0.4) is 0 Å². The van der Waals surface area contributed by atoms with Crippen molar-refractivity contribution in [3.63, 3.8) is 0 Å². The van der Waals surface area contributed by atoms with Gasteiger partial charge in [0.05, 0.1) is 33.8 Å². The Morgan fingerprint density at radius 2 is 0.772 bits per heavy atom. The predicted molar refractivity (Wildman–Crippen MR) is 342 cm³/mol. The number of phosphoric acid groups is 1. The lowest BCUT2D eigenvalue weighted by Crippen LogP contribution is -2.47. The molecule has 79 heavy (non-hydrogen) atoms. The van der Waals surface area contributed by atoms with Gasteiger partial charge in [0.1, 0.15) is 19.3 Å². The van der Waals surface area contributed by atoms with E-state index in [4.69, 9.17) is 13.8 Å². The van der Waals surface area contributed by atoms with Crippen LogP contribution in [0, 0.1) is 0 Å². The van der Waals surface area contributed by atoms with E-state index in [0.717, 1.165) is 83.5 Å². The molecule has 0 aliphatic heterocycles. The summed E-state index contributed by atoms with van der Waals surface area (Å²) in [6.07, 6.45) is 75.2. The Morgan fingerprint density at radius 3 is 1.19 bits per heavy atom. The van der Waals surface area contributed by atoms with Crippen LogP contribution in [0.5, 0.6) is 0 Å². The molecule has 0 aromatic carbocycles. The molecule has 0 aromatic heterocycles. The molecule has 462 valence electrons. The van der Waals surface area contributed by atoms with Gasteiger partial charge in [-0.3, -0.25) is 18.6 Å². The first-order valence-corrected chi connectivity index (χ1v) is 35.1. The lowest BCUT2D eigenvalue weighted by atomic mass is 10.0. The van der Waals surface area contributed by atoms with E-state index in [2.05, 4.69) is 74.7 Å². The van der Waals surface area contributed by atoms with Crippen molar-refractivity contribution in [2.45, 2.75) is 328 Å². The van der Waals surface area contributed by atoms with Gasteiger partial charge >= 0.3 is 13.8 Å². The van der Waals surface area contributed by atoms with Gasteiger partial charge in [0.2, 0.25) is 5.91 Å². The highest BCUT2D eigenvalue weighted by atomic mass is 31.2. The highest BCUT2D eigenvalue weighted by Crippen LogP contribution is 2.43. The van der Waals surface area contributed by atoms with E-state index < -0.39 is 20.0 Å². The predicted octanol–water partition coefficient (Wildman–Crippen LogP) is 21.0. The Labute approximate surface area is 490 Å². The first-order chi connectivity index (χ1) is 38.4. The van der Waals surface area contributed by atoms with Crippen molar-refractivity contribution in [3.8, 4) is 0 Å². The van der Waals surface area contributed by atoms with Crippen LogP contribution >= 0.6 is 7.82 Å². The number of unbranched alkanes of at least 4 members (excludes halogenated alkanes) is 37. The molecule has 3 atom stereocenters. The van der Waals surface area contributed by atoms with Crippen molar-refractivity contribution in [1.82, 2.24) is 5.32 Å². The summed E-state index contributed by atoms with van der Waals surface area (Å²) in [6.45, 7) is 6.98. The maximum atomic E-state index is 13.5. The van der Waals surface area contributed by atoms with Crippen molar-refractivity contribution in [2.75, 3.05) is 40.9 Å². The summed E-state index contributed by atoms with van der Waals surface area (Å²) in [5, 5.41) is 3.05. The van der Waals surface area contributed by atoms with Crippen LogP contribution in [0.1, 0.15) is 316 Å². The maximum Gasteiger partial charge on any atom is 0.472 e. The summed E-state index contributed by atoms with van der Waals surface area (Å²) >= 11 is 0. The summed E-state index contributed by atoms with van der Waals surface area (Å²) in [7, 11) is 1.48. The van der Waals surface area contributed by atoms with Gasteiger partial charge in [0.25, 0.3) is 0 Å². The maximum absolute atomic E-state index is 13.5. The fourth-order valence-corrected chi connectivity index (χ4v) is 10.4. The van der Waals surface area contributed by atoms with Crippen LogP contribution in [-0.4, -0.2) is 74.3 Å². The fraction of sp³-hybridized carbons (Fsp3) is 0.826. The van der Waals surface area contributed by atoms with Gasteiger partial charge in [-0.2, -0.15) is 0 Å². The Bertz CT molecular complexity index is 1540. The first-order valence-electron chi connectivity index (χ1n) is 33.6. The number of likely N-dealkylation sites (N-methyl/N-ethyl adjacent to an activating group) is 1. The molecule has 0 aromatic rings. The molecule has 0 fully saturated rings. The van der Waals surface area contributed by atoms with E-state index in [1.165, 1.54) is 199 Å². The number of carbonyl (C=O) groups excluding carboxylic acids is 2. The van der Waals surface area contributed by atoms with Crippen molar-refractivity contribution in [3.05, 3.63) is 60.8 Å². The third kappa shape index (κ3) is 60.1. The molecule has 10 heteroatoms. The zero-order valence-corrected chi connectivity index (χ0v) is 53.8. The van der Waals surface area contributed by atoms with Crippen LogP contribution in [0.2, 0.25) is 0 Å². The van der Waals surface area contributed by atoms with Crippen molar-refractivity contribution >= 4 is 19.7 Å². The molecule has 0 spiro atoms. The number of rotatable bonds is 61. The smallest absolute Gasteiger partial charge is 0.456 e. The third-order valence-corrected chi connectivity index (χ3v) is 15.9. The Hall–Kier alpha value is -2.29. The Morgan fingerprint density at radius 1 is 0.443 bits per heavy atom. The van der Waals surface area contributed by atoms with E-state index in [-0.39, 0.29) is 31.5 Å². The van der Waals surface area contributed by atoms with Gasteiger partial charge in [0.15, 0.2) is 0 Å². The summed E-state index contributed by atoms with van der Waals surface area (Å²) in [6, 6.07) is -0.860. The van der Waals surface area contributed by atoms with Crippen LogP contribution < -0.4 is 5.32 Å². The fourth-order valence-electron chi connectivity index (χ4n) is 9.71. The van der Waals surface area contributed by atoms with Gasteiger partial charge in [-0.25, -0.2) is 4.57 Å². The number of hydrogen-bond donors (Lipinski definition) is 2. The van der Waals surface area contributed by atoms with Crippen molar-refractivity contribution in [1.29, 1.82) is 0 Å². The molecule has 0 rings (SSSR count). The summed E-state index contributed by atoms with van der Waals surface area (Å²) in [5.41, 5.74) is 0. The van der Waals surface area contributed by atoms with Gasteiger partial charge in [-0.05, 0) is 96.0 Å². The van der Waals surface area contributed by atoms with E-state index in [1.54, 1.807) is 0 Å². The summed E-state index contributed by atoms with van der Waals surface area (Å²) in [4.78, 5) is 37.8. The minimum absolute atomic E-state index is 0.0353. The van der Waals surface area contributed by atoms with Gasteiger partial charge in [0, 0.05) is 12.8 Å². The quantitative estimate of drug-likeness (QED) is 0.0205. The van der Waals surface area contributed by atoms with Gasteiger partial charge in [-0.1, -0.05) is 268 Å². The minimum Gasteiger partial charge on any atom is -0.456 e. The average Bonchev–Trinajstić information content (AvgIpc) is 3.41. The Balaban J connectivity index is 5.07. The molecule has 0 heterocycles. The number of phosphoric ester groups is 1. The second-order valence-corrected chi connectivity index (χ2v) is 25.4. The zero-order chi connectivity index (χ0) is 57.9. The highest BCUT2D eigenvalue weighted by molar-refractivity contribution is 7.47. The molecular weight excluding hydrogens is 1000 g/mol. The van der Waals surface area contributed by atoms with Crippen LogP contribution in [0.4, 0.5) is 0 Å². The molecule has 1 amide bonds. The van der Waals surface area contributed by atoms with E-state index >= 15 is 0 Å². The largest absolute Gasteiger partial charge is 0.472 e. The van der Waals surface area contributed by atoms with Gasteiger partial charge < -0.3 is 19.4 Å². The number of amides is 1. The number of esters is 1. The molecule has 0 radical (unpaired) electrons. The molecule has 3 unspecified atom stereocenters. The van der Waals surface area contributed by atoms with Crippen LogP contribution in [0.25, 0.3) is 0 Å². The first kappa shape index (κ1) is 76.7. The number of allylic oxidation sites excluding steroid dienone is 9. The van der Waals surface area contributed by atoms with Gasteiger partial charge in [-0.15, -0.1) is 0 Å².